The summed E-state index contributed by atoms with van der Waals surface area (Å²) in [6.45, 7) is 1.92. The highest BCUT2D eigenvalue weighted by molar-refractivity contribution is 5.78. The first-order valence-corrected chi connectivity index (χ1v) is 4.86. The minimum atomic E-state index is -4.39. The number of halogens is 3. The number of aliphatic hydroxyl groups excluding tert-OH is 1. The quantitative estimate of drug-likeness (QED) is 0.632. The lowest BCUT2D eigenvalue weighted by Crippen LogP contribution is -2.47. The fourth-order valence-corrected chi connectivity index (χ4v) is 0.949. The van der Waals surface area contributed by atoms with E-state index in [4.69, 9.17) is 5.11 Å². The third-order valence-corrected chi connectivity index (χ3v) is 1.95. The van der Waals surface area contributed by atoms with Crippen LogP contribution in [0.1, 0.15) is 20.3 Å². The topological polar surface area (TPSA) is 61.4 Å². The lowest BCUT2D eigenvalue weighted by atomic mass is 10.0. The Hall–Kier alpha value is -0.820. The number of hydrogen-bond acceptors (Lipinski definition) is 3. The molecule has 0 aromatic heterocycles. The van der Waals surface area contributed by atoms with E-state index in [9.17, 15) is 18.0 Å². The number of amides is 1. The largest absolute Gasteiger partial charge is 0.405 e. The maximum absolute atomic E-state index is 11.7. The molecule has 0 atom stereocenters. The van der Waals surface area contributed by atoms with Crippen molar-refractivity contribution in [1.29, 1.82) is 0 Å². The molecular weight excluding hydrogens is 225 g/mol. The molecule has 96 valence electrons. The lowest BCUT2D eigenvalue weighted by molar-refractivity contribution is -0.138. The van der Waals surface area contributed by atoms with E-state index in [0.717, 1.165) is 0 Å². The van der Waals surface area contributed by atoms with Crippen molar-refractivity contribution in [2.45, 2.75) is 32.0 Å². The zero-order valence-electron chi connectivity index (χ0n) is 9.32. The van der Waals surface area contributed by atoms with Gasteiger partial charge in [0.2, 0.25) is 5.91 Å². The summed E-state index contributed by atoms with van der Waals surface area (Å²) >= 11 is 0. The highest BCUT2D eigenvalue weighted by Gasteiger charge is 2.27. The van der Waals surface area contributed by atoms with E-state index < -0.39 is 24.2 Å². The van der Waals surface area contributed by atoms with Crippen LogP contribution in [0.3, 0.4) is 0 Å². The number of rotatable bonds is 6. The molecule has 0 aliphatic rings. The molecule has 16 heavy (non-hydrogen) atoms. The average Bonchev–Trinajstić information content (AvgIpc) is 2.10. The molecular formula is C9H17F3N2O2. The van der Waals surface area contributed by atoms with Crippen LogP contribution in [0, 0.1) is 0 Å². The molecule has 0 radical (unpaired) electrons. The highest BCUT2D eigenvalue weighted by Crippen LogP contribution is 2.12. The van der Waals surface area contributed by atoms with Crippen LogP contribution in [0.2, 0.25) is 0 Å². The van der Waals surface area contributed by atoms with Crippen molar-refractivity contribution >= 4 is 5.91 Å². The molecule has 0 spiro atoms. The van der Waals surface area contributed by atoms with Gasteiger partial charge in [0, 0.05) is 12.1 Å². The molecule has 0 aromatic carbocycles. The van der Waals surface area contributed by atoms with E-state index in [1.54, 1.807) is 19.2 Å². The van der Waals surface area contributed by atoms with Gasteiger partial charge in [-0.25, -0.2) is 0 Å². The van der Waals surface area contributed by atoms with Gasteiger partial charge in [0.1, 0.15) is 6.54 Å². The van der Waals surface area contributed by atoms with Gasteiger partial charge >= 0.3 is 6.18 Å². The summed E-state index contributed by atoms with van der Waals surface area (Å²) in [4.78, 5) is 11.0. The summed E-state index contributed by atoms with van der Waals surface area (Å²) in [6, 6.07) is 0. The normalized spacial score (nSPS) is 12.6. The highest BCUT2D eigenvalue weighted by atomic mass is 19.4. The first-order chi connectivity index (χ1) is 7.16. The van der Waals surface area contributed by atoms with Crippen LogP contribution in [0.25, 0.3) is 0 Å². The second-order valence-electron chi connectivity index (χ2n) is 4.10. The second kappa shape index (κ2) is 6.05. The smallest absolute Gasteiger partial charge is 0.396 e. The van der Waals surface area contributed by atoms with Crippen molar-refractivity contribution in [3.63, 3.8) is 0 Å². The van der Waals surface area contributed by atoms with Crippen LogP contribution in [-0.4, -0.2) is 42.4 Å². The van der Waals surface area contributed by atoms with Gasteiger partial charge in [-0.3, -0.25) is 4.79 Å². The molecule has 0 heterocycles. The molecule has 0 saturated heterocycles. The van der Waals surface area contributed by atoms with Crippen molar-refractivity contribution in [3.05, 3.63) is 0 Å². The molecule has 0 saturated carbocycles. The maximum atomic E-state index is 11.7. The Morgan fingerprint density at radius 2 is 1.88 bits per heavy atom. The van der Waals surface area contributed by atoms with Crippen molar-refractivity contribution in [3.8, 4) is 0 Å². The molecule has 3 N–H and O–H groups in total. The van der Waals surface area contributed by atoms with Gasteiger partial charge in [0.25, 0.3) is 0 Å². The van der Waals surface area contributed by atoms with Crippen LogP contribution in [-0.2, 0) is 4.79 Å². The SMILES string of the molecule is CC(C)(CCO)NCC(=O)NCC(F)(F)F. The van der Waals surface area contributed by atoms with Crippen molar-refractivity contribution in [2.24, 2.45) is 0 Å². The third-order valence-electron chi connectivity index (χ3n) is 1.95. The standard InChI is InChI=1S/C9H17F3N2O2/c1-8(2,3-4-15)14-5-7(16)13-6-9(10,11)12/h14-15H,3-6H2,1-2H3,(H,13,16). The molecule has 0 aliphatic heterocycles. The molecule has 7 heteroatoms. The molecule has 0 bridgehead atoms. The van der Waals surface area contributed by atoms with E-state index in [-0.39, 0.29) is 13.2 Å². The van der Waals surface area contributed by atoms with E-state index in [0.29, 0.717) is 6.42 Å². The molecule has 0 aromatic rings. The summed E-state index contributed by atoms with van der Waals surface area (Å²) in [7, 11) is 0. The van der Waals surface area contributed by atoms with Gasteiger partial charge in [-0.1, -0.05) is 0 Å². The minimum Gasteiger partial charge on any atom is -0.396 e. The third kappa shape index (κ3) is 8.49. The Balaban J connectivity index is 3.81. The number of aliphatic hydroxyl groups is 1. The van der Waals surface area contributed by atoms with Crippen LogP contribution < -0.4 is 10.6 Å². The van der Waals surface area contributed by atoms with Gasteiger partial charge in [0.15, 0.2) is 0 Å². The predicted octanol–water partition coefficient (Wildman–Crippen LogP) is 0.415. The van der Waals surface area contributed by atoms with Crippen LogP contribution >= 0.6 is 0 Å². The van der Waals surface area contributed by atoms with Crippen LogP contribution in [0.15, 0.2) is 0 Å². The second-order valence-corrected chi connectivity index (χ2v) is 4.10. The van der Waals surface area contributed by atoms with Crippen molar-refractivity contribution in [2.75, 3.05) is 19.7 Å². The van der Waals surface area contributed by atoms with E-state index in [2.05, 4.69) is 5.32 Å². The van der Waals surface area contributed by atoms with Gasteiger partial charge in [-0.05, 0) is 20.3 Å². The maximum Gasteiger partial charge on any atom is 0.405 e. The summed E-state index contributed by atoms with van der Waals surface area (Å²) < 4.78 is 35.2. The molecule has 0 unspecified atom stereocenters. The molecule has 0 aliphatic carbocycles. The van der Waals surface area contributed by atoms with Crippen LogP contribution in [0.5, 0.6) is 0 Å². The Morgan fingerprint density at radius 1 is 1.31 bits per heavy atom. The molecule has 0 rings (SSSR count). The molecule has 4 nitrogen and oxygen atoms in total. The lowest BCUT2D eigenvalue weighted by Gasteiger charge is -2.25. The molecule has 0 fully saturated rings. The van der Waals surface area contributed by atoms with E-state index >= 15 is 0 Å². The van der Waals surface area contributed by atoms with Gasteiger partial charge < -0.3 is 15.7 Å². The first kappa shape index (κ1) is 15.2. The van der Waals surface area contributed by atoms with Gasteiger partial charge in [0.05, 0.1) is 6.54 Å². The van der Waals surface area contributed by atoms with Crippen molar-refractivity contribution < 1.29 is 23.1 Å². The van der Waals surface area contributed by atoms with Gasteiger partial charge in [-0.15, -0.1) is 0 Å². The first-order valence-electron chi connectivity index (χ1n) is 4.86. The minimum absolute atomic E-state index is 0.0514. The Labute approximate surface area is 92.2 Å². The predicted molar refractivity (Wildman–Crippen MR) is 52.8 cm³/mol. The van der Waals surface area contributed by atoms with Crippen molar-refractivity contribution in [1.82, 2.24) is 10.6 Å². The summed E-state index contributed by atoms with van der Waals surface area (Å²) in [6.07, 6.45) is -3.98. The Morgan fingerprint density at radius 3 is 2.31 bits per heavy atom. The number of alkyl halides is 3. The zero-order chi connectivity index (χ0) is 12.8. The number of hydrogen-bond donors (Lipinski definition) is 3. The number of carbonyl (C=O) groups excluding carboxylic acids is 1. The Kier molecular flexibility index (Phi) is 5.74. The monoisotopic (exact) mass is 242 g/mol. The van der Waals surface area contributed by atoms with Gasteiger partial charge in [-0.2, -0.15) is 13.2 Å². The van der Waals surface area contributed by atoms with E-state index in [1.807, 2.05) is 0 Å². The molecule has 1 amide bonds. The summed E-state index contributed by atoms with van der Waals surface area (Å²) in [5.74, 6) is -0.719. The fraction of sp³-hybridized carbons (Fsp3) is 0.889. The van der Waals surface area contributed by atoms with Crippen LogP contribution in [0.4, 0.5) is 13.2 Å². The average molecular weight is 242 g/mol. The Bertz CT molecular complexity index is 229. The van der Waals surface area contributed by atoms with E-state index in [1.165, 1.54) is 0 Å². The number of carbonyl (C=O) groups is 1. The summed E-state index contributed by atoms with van der Waals surface area (Å²) in [5, 5.41) is 13.2. The zero-order valence-corrected chi connectivity index (χ0v) is 9.32. The fourth-order valence-electron chi connectivity index (χ4n) is 0.949. The summed E-state index contributed by atoms with van der Waals surface area (Å²) in [5.41, 5.74) is -0.482. The number of nitrogens with one attached hydrogen (secondary N) is 2.